The average molecular weight is 314 g/mol. The van der Waals surface area contributed by atoms with Crippen LogP contribution in [0, 0.1) is 0 Å². The summed E-state index contributed by atoms with van der Waals surface area (Å²) in [6.45, 7) is 10.4. The van der Waals surface area contributed by atoms with Crippen molar-refractivity contribution in [2.75, 3.05) is 13.1 Å². The highest BCUT2D eigenvalue weighted by Gasteiger charge is 2.48. The van der Waals surface area contributed by atoms with Crippen molar-refractivity contribution >= 4 is 6.09 Å². The van der Waals surface area contributed by atoms with Crippen molar-refractivity contribution in [1.29, 1.82) is 0 Å². The van der Waals surface area contributed by atoms with Crippen LogP contribution in [-0.2, 0) is 11.3 Å². The molecule has 124 valence electrons. The van der Waals surface area contributed by atoms with E-state index in [-0.39, 0.29) is 17.7 Å². The van der Waals surface area contributed by atoms with Crippen molar-refractivity contribution in [2.45, 2.75) is 51.4 Å². The van der Waals surface area contributed by atoms with Gasteiger partial charge in [-0.3, -0.25) is 9.80 Å². The minimum Gasteiger partial charge on any atom is -0.444 e. The summed E-state index contributed by atoms with van der Waals surface area (Å²) in [6, 6.07) is 10.6. The number of hydrogen-bond donors (Lipinski definition) is 0. The van der Waals surface area contributed by atoms with Crippen LogP contribution in [0.3, 0.4) is 0 Å². The van der Waals surface area contributed by atoms with Crippen LogP contribution in [0.4, 0.5) is 4.79 Å². The molecular weight excluding hydrogens is 288 g/mol. The number of ether oxygens (including phenoxy) is 1. The number of amides is 1. The van der Waals surface area contributed by atoms with E-state index in [1.807, 2.05) is 31.7 Å². The van der Waals surface area contributed by atoms with E-state index in [2.05, 4.69) is 48.2 Å². The highest BCUT2D eigenvalue weighted by atomic mass is 16.6. The van der Waals surface area contributed by atoms with Crippen molar-refractivity contribution < 1.29 is 9.53 Å². The van der Waals surface area contributed by atoms with Gasteiger partial charge in [0.2, 0.25) is 0 Å². The molecule has 1 amide bonds. The number of carbonyl (C=O) groups excluding carboxylic acids is 1. The number of rotatable bonds is 2. The van der Waals surface area contributed by atoms with Crippen molar-refractivity contribution in [3.8, 4) is 0 Å². The third-order valence-electron chi connectivity index (χ3n) is 4.39. The summed E-state index contributed by atoms with van der Waals surface area (Å²) < 4.78 is 5.61. The predicted molar refractivity (Wildman–Crippen MR) is 91.1 cm³/mol. The SMILES string of the molecule is CC(C)(C)OC(=O)N1C2C=CC1(C)CN(Cc1ccccc1)C2. The maximum atomic E-state index is 12.6. The van der Waals surface area contributed by atoms with E-state index >= 15 is 0 Å². The van der Waals surface area contributed by atoms with Crippen LogP contribution in [0.2, 0.25) is 0 Å². The first-order valence-corrected chi connectivity index (χ1v) is 8.25. The van der Waals surface area contributed by atoms with Crippen molar-refractivity contribution in [3.63, 3.8) is 0 Å². The van der Waals surface area contributed by atoms with E-state index in [0.29, 0.717) is 0 Å². The molecule has 0 aliphatic carbocycles. The highest BCUT2D eigenvalue weighted by Crippen LogP contribution is 2.35. The minimum absolute atomic E-state index is 0.0901. The molecule has 2 aliphatic rings. The summed E-state index contributed by atoms with van der Waals surface area (Å²) in [5, 5.41) is 0. The second kappa shape index (κ2) is 5.68. The molecule has 2 heterocycles. The maximum absolute atomic E-state index is 12.6. The molecule has 2 atom stereocenters. The Kier molecular flexibility index (Phi) is 3.96. The van der Waals surface area contributed by atoms with Gasteiger partial charge in [-0.2, -0.15) is 0 Å². The normalized spacial score (nSPS) is 27.3. The lowest BCUT2D eigenvalue weighted by atomic mass is 9.99. The van der Waals surface area contributed by atoms with E-state index in [0.717, 1.165) is 19.6 Å². The molecule has 4 heteroatoms. The number of carbonyl (C=O) groups is 1. The van der Waals surface area contributed by atoms with Crippen LogP contribution in [0.15, 0.2) is 42.5 Å². The van der Waals surface area contributed by atoms with Gasteiger partial charge in [0.25, 0.3) is 0 Å². The molecule has 0 N–H and O–H groups in total. The van der Waals surface area contributed by atoms with Gasteiger partial charge < -0.3 is 4.74 Å². The first-order valence-electron chi connectivity index (χ1n) is 8.25. The van der Waals surface area contributed by atoms with E-state index in [1.165, 1.54) is 5.56 Å². The topological polar surface area (TPSA) is 32.8 Å². The van der Waals surface area contributed by atoms with Gasteiger partial charge >= 0.3 is 6.09 Å². The lowest BCUT2D eigenvalue weighted by Crippen LogP contribution is -2.62. The zero-order valence-corrected chi connectivity index (χ0v) is 14.5. The zero-order chi connectivity index (χ0) is 16.7. The minimum atomic E-state index is -0.464. The number of piperazine rings is 1. The Morgan fingerprint density at radius 3 is 2.61 bits per heavy atom. The van der Waals surface area contributed by atoms with Crippen LogP contribution in [0.1, 0.15) is 33.3 Å². The Morgan fingerprint density at radius 1 is 1.30 bits per heavy atom. The molecule has 0 spiro atoms. The van der Waals surface area contributed by atoms with Gasteiger partial charge in [0.15, 0.2) is 0 Å². The number of hydrogen-bond acceptors (Lipinski definition) is 3. The summed E-state index contributed by atoms with van der Waals surface area (Å²) in [7, 11) is 0. The number of nitrogens with zero attached hydrogens (tertiary/aromatic N) is 2. The quantitative estimate of drug-likeness (QED) is 0.784. The molecule has 0 saturated carbocycles. The molecule has 3 rings (SSSR count). The van der Waals surface area contributed by atoms with Crippen LogP contribution in [-0.4, -0.2) is 46.2 Å². The lowest BCUT2D eigenvalue weighted by molar-refractivity contribution is -0.0229. The van der Waals surface area contributed by atoms with E-state index < -0.39 is 5.60 Å². The van der Waals surface area contributed by atoms with Gasteiger partial charge in [0.05, 0.1) is 11.6 Å². The van der Waals surface area contributed by atoms with Gasteiger partial charge in [-0.15, -0.1) is 0 Å². The molecular formula is C19H26N2O2. The molecule has 4 nitrogen and oxygen atoms in total. The van der Waals surface area contributed by atoms with Crippen LogP contribution < -0.4 is 0 Å². The standard InChI is InChI=1S/C19H26N2O2/c1-18(2,3)23-17(22)21-16-10-11-19(21,4)14-20(13-16)12-15-8-6-5-7-9-15/h5-11,16H,12-14H2,1-4H3. The van der Waals surface area contributed by atoms with Gasteiger partial charge in [-0.05, 0) is 33.3 Å². The summed E-state index contributed by atoms with van der Waals surface area (Å²) in [6.07, 6.45) is 4.09. The first kappa shape index (κ1) is 16.1. The Bertz CT molecular complexity index is 606. The van der Waals surface area contributed by atoms with E-state index in [4.69, 9.17) is 4.74 Å². The van der Waals surface area contributed by atoms with Crippen molar-refractivity contribution in [1.82, 2.24) is 9.80 Å². The summed E-state index contributed by atoms with van der Waals surface area (Å²) >= 11 is 0. The van der Waals surface area contributed by atoms with Crippen LogP contribution in [0.5, 0.6) is 0 Å². The molecule has 23 heavy (non-hydrogen) atoms. The van der Waals surface area contributed by atoms with E-state index in [9.17, 15) is 4.79 Å². The largest absolute Gasteiger partial charge is 0.444 e. The van der Waals surface area contributed by atoms with Crippen LogP contribution >= 0.6 is 0 Å². The molecule has 0 radical (unpaired) electrons. The summed E-state index contributed by atoms with van der Waals surface area (Å²) in [5.74, 6) is 0. The molecule has 1 aromatic carbocycles. The fourth-order valence-electron chi connectivity index (χ4n) is 3.53. The Hall–Kier alpha value is -1.81. The molecule has 1 saturated heterocycles. The molecule has 2 aliphatic heterocycles. The van der Waals surface area contributed by atoms with Crippen molar-refractivity contribution in [3.05, 3.63) is 48.0 Å². The molecule has 2 bridgehead atoms. The Labute approximate surface area is 138 Å². The maximum Gasteiger partial charge on any atom is 0.411 e. The first-order chi connectivity index (χ1) is 10.8. The monoisotopic (exact) mass is 314 g/mol. The summed E-state index contributed by atoms with van der Waals surface area (Å²) in [4.78, 5) is 16.9. The molecule has 0 aromatic heterocycles. The smallest absolute Gasteiger partial charge is 0.411 e. The molecule has 1 fully saturated rings. The van der Waals surface area contributed by atoms with Gasteiger partial charge in [-0.1, -0.05) is 42.5 Å². The average Bonchev–Trinajstić information content (AvgIpc) is 2.65. The molecule has 1 aromatic rings. The van der Waals surface area contributed by atoms with Crippen LogP contribution in [0.25, 0.3) is 0 Å². The third kappa shape index (κ3) is 3.42. The number of fused-ring (bicyclic) bond motifs is 2. The number of benzene rings is 1. The van der Waals surface area contributed by atoms with Crippen molar-refractivity contribution in [2.24, 2.45) is 0 Å². The fourth-order valence-corrected chi connectivity index (χ4v) is 3.53. The fraction of sp³-hybridized carbons (Fsp3) is 0.526. The molecule has 2 unspecified atom stereocenters. The zero-order valence-electron chi connectivity index (χ0n) is 14.5. The third-order valence-corrected chi connectivity index (χ3v) is 4.39. The Balaban J connectivity index is 1.71. The van der Waals surface area contributed by atoms with E-state index in [1.54, 1.807) is 0 Å². The highest BCUT2D eigenvalue weighted by molar-refractivity contribution is 5.72. The second-order valence-corrected chi connectivity index (χ2v) is 7.79. The lowest BCUT2D eigenvalue weighted by Gasteiger charge is -2.47. The Morgan fingerprint density at radius 2 is 2.00 bits per heavy atom. The van der Waals surface area contributed by atoms with Gasteiger partial charge in [0, 0.05) is 19.6 Å². The predicted octanol–water partition coefficient (Wildman–Crippen LogP) is 3.44. The van der Waals surface area contributed by atoms with Gasteiger partial charge in [-0.25, -0.2) is 4.79 Å². The van der Waals surface area contributed by atoms with Gasteiger partial charge in [0.1, 0.15) is 5.60 Å². The second-order valence-electron chi connectivity index (χ2n) is 7.79. The summed E-state index contributed by atoms with van der Waals surface area (Å²) in [5.41, 5.74) is 0.551.